The summed E-state index contributed by atoms with van der Waals surface area (Å²) in [6.07, 6.45) is 26.4. The van der Waals surface area contributed by atoms with E-state index in [0.29, 0.717) is 19.4 Å². The zero-order valence-corrected chi connectivity index (χ0v) is 35.5. The van der Waals surface area contributed by atoms with Gasteiger partial charge in [-0.15, -0.1) is 0 Å². The number of nitrogens with one attached hydrogen (secondary N) is 2. The Morgan fingerprint density at radius 3 is 1.41 bits per heavy atom. The van der Waals surface area contributed by atoms with E-state index in [2.05, 4.69) is 24.5 Å². The molecular formula is C44H83N3O9. The molecule has 1 fully saturated rings. The van der Waals surface area contributed by atoms with Crippen molar-refractivity contribution in [1.29, 1.82) is 0 Å². The molecule has 0 aliphatic carbocycles. The highest BCUT2D eigenvalue weighted by Gasteiger charge is 2.48. The molecule has 0 radical (unpaired) electrons. The first-order valence-electron chi connectivity index (χ1n) is 22.9. The Bertz CT molecular complexity index is 1020. The van der Waals surface area contributed by atoms with Crippen LogP contribution in [0, 0.1) is 0 Å². The third kappa shape index (κ3) is 25.2. The molecule has 12 heteroatoms. The van der Waals surface area contributed by atoms with E-state index in [1.54, 1.807) is 4.90 Å². The largest absolute Gasteiger partial charge is 0.481 e. The molecule has 56 heavy (non-hydrogen) atoms. The molecule has 1 aliphatic heterocycles. The van der Waals surface area contributed by atoms with Gasteiger partial charge < -0.3 is 40.7 Å². The zero-order valence-electron chi connectivity index (χ0n) is 35.5. The van der Waals surface area contributed by atoms with E-state index in [1.165, 1.54) is 122 Å². The van der Waals surface area contributed by atoms with Crippen molar-refractivity contribution in [2.24, 2.45) is 0 Å². The quantitative estimate of drug-likeness (QED) is 0.0343. The van der Waals surface area contributed by atoms with Crippen molar-refractivity contribution in [2.45, 2.75) is 237 Å². The lowest BCUT2D eigenvalue weighted by Gasteiger charge is -2.47. The van der Waals surface area contributed by atoms with Crippen LogP contribution in [-0.4, -0.2) is 99.3 Å². The first-order chi connectivity index (χ1) is 27.2. The standard InChI is InChI=1S/C44H83N3O9/c1-3-5-7-9-11-13-15-17-18-19-20-22-24-26-28-30-39(51)47(33-29-27-25-23-21-16-14-12-10-8-6-4-2)44-41(43(55)42(54)36(35-48)56-44)46-38(50)34-45-37(49)31-32-40(52)53/h36,41-44,48,54-55H,3-35H2,1-2H3,(H,45,49)(H,46,50)(H,52,53)/t36-,41+,42+,43-,44-/m1/s1. The van der Waals surface area contributed by atoms with Crippen molar-refractivity contribution in [2.75, 3.05) is 19.7 Å². The summed E-state index contributed by atoms with van der Waals surface area (Å²) in [4.78, 5) is 51.2. The minimum atomic E-state index is -1.55. The lowest BCUT2D eigenvalue weighted by Crippen LogP contribution is -2.69. The van der Waals surface area contributed by atoms with Gasteiger partial charge in [0.1, 0.15) is 24.4 Å². The molecule has 12 nitrogen and oxygen atoms in total. The van der Waals surface area contributed by atoms with Gasteiger partial charge in [-0.25, -0.2) is 0 Å². The summed E-state index contributed by atoms with van der Waals surface area (Å²) in [6, 6.07) is -1.22. The average molecular weight is 798 g/mol. The number of aliphatic hydroxyl groups excluding tert-OH is 3. The monoisotopic (exact) mass is 798 g/mol. The molecule has 0 aromatic heterocycles. The number of nitrogens with zero attached hydrogens (tertiary/aromatic N) is 1. The summed E-state index contributed by atoms with van der Waals surface area (Å²) >= 11 is 0. The summed E-state index contributed by atoms with van der Waals surface area (Å²) in [5.74, 6) is -2.62. The highest BCUT2D eigenvalue weighted by atomic mass is 16.5. The minimum Gasteiger partial charge on any atom is -0.481 e. The molecule has 328 valence electrons. The molecule has 3 amide bonds. The second kappa shape index (κ2) is 34.7. The number of carbonyl (C=O) groups excluding carboxylic acids is 3. The number of rotatable bonds is 37. The fourth-order valence-electron chi connectivity index (χ4n) is 7.55. The summed E-state index contributed by atoms with van der Waals surface area (Å²) < 4.78 is 6.07. The Kier molecular flexibility index (Phi) is 32.1. The number of carbonyl (C=O) groups is 4. The number of hydrogen-bond donors (Lipinski definition) is 6. The molecule has 0 saturated carbocycles. The first kappa shape index (κ1) is 51.7. The second-order valence-electron chi connectivity index (χ2n) is 16.2. The van der Waals surface area contributed by atoms with Gasteiger partial charge in [0, 0.05) is 19.4 Å². The van der Waals surface area contributed by atoms with Crippen molar-refractivity contribution >= 4 is 23.7 Å². The van der Waals surface area contributed by atoms with E-state index < -0.39 is 61.5 Å². The van der Waals surface area contributed by atoms with Crippen LogP contribution in [0.15, 0.2) is 0 Å². The van der Waals surface area contributed by atoms with Crippen molar-refractivity contribution in [3.8, 4) is 0 Å². The van der Waals surface area contributed by atoms with Crippen molar-refractivity contribution in [3.05, 3.63) is 0 Å². The van der Waals surface area contributed by atoms with Gasteiger partial charge in [-0.2, -0.15) is 0 Å². The minimum absolute atomic E-state index is 0.172. The van der Waals surface area contributed by atoms with Crippen molar-refractivity contribution in [1.82, 2.24) is 15.5 Å². The zero-order chi connectivity index (χ0) is 41.2. The fraction of sp³-hybridized carbons (Fsp3) is 0.909. The summed E-state index contributed by atoms with van der Waals surface area (Å²) in [6.45, 7) is 3.74. The van der Waals surface area contributed by atoms with Crippen LogP contribution in [0.25, 0.3) is 0 Å². The third-order valence-electron chi connectivity index (χ3n) is 11.1. The smallest absolute Gasteiger partial charge is 0.303 e. The number of amides is 3. The van der Waals surface area contributed by atoms with Crippen LogP contribution in [0.1, 0.15) is 206 Å². The highest BCUT2D eigenvalue weighted by Crippen LogP contribution is 2.26. The van der Waals surface area contributed by atoms with E-state index in [-0.39, 0.29) is 25.2 Å². The highest BCUT2D eigenvalue weighted by molar-refractivity contribution is 5.86. The number of carboxylic acid groups (broad SMARTS) is 1. The lowest BCUT2D eigenvalue weighted by molar-refractivity contribution is -0.231. The van der Waals surface area contributed by atoms with Crippen molar-refractivity contribution in [3.63, 3.8) is 0 Å². The molecule has 6 N–H and O–H groups in total. The molecule has 1 rings (SSSR count). The molecular weight excluding hydrogens is 714 g/mol. The lowest BCUT2D eigenvalue weighted by atomic mass is 9.94. The van der Waals surface area contributed by atoms with Gasteiger partial charge in [-0.05, 0) is 12.8 Å². The van der Waals surface area contributed by atoms with E-state index >= 15 is 0 Å². The molecule has 0 spiro atoms. The average Bonchev–Trinajstić information content (AvgIpc) is 3.18. The van der Waals surface area contributed by atoms with E-state index in [4.69, 9.17) is 9.84 Å². The van der Waals surface area contributed by atoms with Gasteiger partial charge in [0.2, 0.25) is 17.7 Å². The van der Waals surface area contributed by atoms with E-state index in [9.17, 15) is 34.5 Å². The van der Waals surface area contributed by atoms with Gasteiger partial charge in [-0.3, -0.25) is 19.2 Å². The third-order valence-corrected chi connectivity index (χ3v) is 11.1. The summed E-state index contributed by atoms with van der Waals surface area (Å²) in [5.41, 5.74) is 0. The molecule has 1 saturated heterocycles. The predicted molar refractivity (Wildman–Crippen MR) is 222 cm³/mol. The summed E-state index contributed by atoms with van der Waals surface area (Å²) in [5, 5.41) is 45.7. The van der Waals surface area contributed by atoms with Crippen LogP contribution in [0.5, 0.6) is 0 Å². The second-order valence-corrected chi connectivity index (χ2v) is 16.2. The SMILES string of the molecule is CCCCCCCCCCCCCCCCCC(=O)N(CCCCCCCCCCCCCC)[C@@H]1O[C@H](CO)[C@H](O)[C@H](O)[C@@H]1NC(=O)CNC(=O)CCC(=O)O. The van der Waals surface area contributed by atoms with Gasteiger partial charge in [0.25, 0.3) is 0 Å². The predicted octanol–water partition coefficient (Wildman–Crippen LogP) is 7.68. The van der Waals surface area contributed by atoms with Crippen LogP contribution in [-0.2, 0) is 23.9 Å². The van der Waals surface area contributed by atoms with Crippen molar-refractivity contribution < 1.29 is 44.3 Å². The molecule has 5 atom stereocenters. The van der Waals surface area contributed by atoms with Gasteiger partial charge in [0.15, 0.2) is 6.23 Å². The molecule has 0 aromatic carbocycles. The number of ether oxygens (including phenoxy) is 1. The normalized spacial score (nSPS) is 19.5. The topological polar surface area (TPSA) is 186 Å². The van der Waals surface area contributed by atoms with E-state index in [1.807, 2.05) is 0 Å². The number of carboxylic acids is 1. The Morgan fingerprint density at radius 1 is 0.554 bits per heavy atom. The van der Waals surface area contributed by atoms with E-state index in [0.717, 1.165) is 38.5 Å². The number of hydrogen-bond acceptors (Lipinski definition) is 8. The maximum atomic E-state index is 13.9. The van der Waals surface area contributed by atoms with Gasteiger partial charge in [-0.1, -0.05) is 174 Å². The maximum absolute atomic E-state index is 13.9. The van der Waals surface area contributed by atoms with Gasteiger partial charge in [0.05, 0.1) is 19.6 Å². The molecule has 0 unspecified atom stereocenters. The Morgan fingerprint density at radius 2 is 0.982 bits per heavy atom. The van der Waals surface area contributed by atoms with Crippen LogP contribution in [0.4, 0.5) is 0 Å². The number of aliphatic carboxylic acids is 1. The van der Waals surface area contributed by atoms with Crippen LogP contribution in [0.2, 0.25) is 0 Å². The fourth-order valence-corrected chi connectivity index (χ4v) is 7.55. The van der Waals surface area contributed by atoms with Gasteiger partial charge >= 0.3 is 5.97 Å². The Balaban J connectivity index is 2.74. The Hall–Kier alpha value is -2.28. The molecule has 0 bridgehead atoms. The molecule has 1 heterocycles. The molecule has 1 aliphatic rings. The number of unbranched alkanes of at least 4 members (excludes halogenated alkanes) is 25. The van der Waals surface area contributed by atoms with Crippen LogP contribution in [0.3, 0.4) is 0 Å². The summed E-state index contributed by atoms with van der Waals surface area (Å²) in [7, 11) is 0. The number of aliphatic hydroxyl groups is 3. The first-order valence-corrected chi connectivity index (χ1v) is 22.9. The Labute approximate surface area is 339 Å². The van der Waals surface area contributed by atoms with Crippen LogP contribution >= 0.6 is 0 Å². The maximum Gasteiger partial charge on any atom is 0.303 e. The molecule has 0 aromatic rings. The van der Waals surface area contributed by atoms with Crippen LogP contribution < -0.4 is 10.6 Å².